The first-order valence-corrected chi connectivity index (χ1v) is 11.8. The van der Waals surface area contributed by atoms with Crippen molar-refractivity contribution in [2.45, 2.75) is 78.4 Å². The number of hydrogen-bond acceptors (Lipinski definition) is 5. The van der Waals surface area contributed by atoms with Crippen LogP contribution in [0.2, 0.25) is 0 Å². The first-order chi connectivity index (χ1) is 14.9. The zero-order chi connectivity index (χ0) is 24.0. The van der Waals surface area contributed by atoms with Gasteiger partial charge in [-0.15, -0.1) is 0 Å². The molecule has 0 unspecified atom stereocenters. The van der Waals surface area contributed by atoms with Gasteiger partial charge in [-0.25, -0.2) is 4.79 Å². The summed E-state index contributed by atoms with van der Waals surface area (Å²) >= 11 is 0. The van der Waals surface area contributed by atoms with E-state index in [4.69, 9.17) is 0 Å². The molecular weight excluding hydrogens is 410 g/mol. The number of carbonyl (C=O) groups excluding carboxylic acids is 2. The van der Waals surface area contributed by atoms with Gasteiger partial charge in [0.05, 0.1) is 6.04 Å². The third kappa shape index (κ3) is 4.36. The maximum atomic E-state index is 13.1. The molecular formula is C25H37NO6. The maximum absolute atomic E-state index is 13.1. The minimum absolute atomic E-state index is 0.0476. The van der Waals surface area contributed by atoms with E-state index in [-0.39, 0.29) is 29.1 Å². The summed E-state index contributed by atoms with van der Waals surface area (Å²) in [7, 11) is 0. The minimum atomic E-state index is -2.16. The first kappa shape index (κ1) is 24.5. The summed E-state index contributed by atoms with van der Waals surface area (Å²) in [6.07, 6.45) is 5.68. The number of carbonyl (C=O) groups is 3. The van der Waals surface area contributed by atoms with Gasteiger partial charge in [0.2, 0.25) is 0 Å². The van der Waals surface area contributed by atoms with E-state index in [1.54, 1.807) is 0 Å². The summed E-state index contributed by atoms with van der Waals surface area (Å²) in [5.41, 5.74) is -1.28. The zero-order valence-electron chi connectivity index (χ0n) is 19.7. The Bertz CT molecular complexity index is 856. The van der Waals surface area contributed by atoms with Gasteiger partial charge >= 0.3 is 5.97 Å². The van der Waals surface area contributed by atoms with Crippen molar-refractivity contribution >= 4 is 17.7 Å². The number of aliphatic hydroxyl groups is 2. The van der Waals surface area contributed by atoms with Crippen LogP contribution in [0.4, 0.5) is 0 Å². The molecule has 7 heteroatoms. The maximum Gasteiger partial charge on any atom is 0.335 e. The largest absolute Gasteiger partial charge is 0.511 e. The van der Waals surface area contributed by atoms with Gasteiger partial charge in [-0.1, -0.05) is 25.5 Å². The molecule has 2 aliphatic carbocycles. The number of carboxylic acid groups (broad SMARTS) is 1. The van der Waals surface area contributed by atoms with Crippen LogP contribution in [-0.4, -0.2) is 44.6 Å². The molecule has 1 aliphatic heterocycles. The Morgan fingerprint density at radius 1 is 1.19 bits per heavy atom. The van der Waals surface area contributed by atoms with Crippen LogP contribution in [-0.2, 0) is 14.4 Å². The summed E-state index contributed by atoms with van der Waals surface area (Å²) in [6, 6.07) is -1.17. The average molecular weight is 448 g/mol. The summed E-state index contributed by atoms with van der Waals surface area (Å²) in [5, 5.41) is 33.3. The van der Waals surface area contributed by atoms with E-state index >= 15 is 0 Å². The number of rotatable bonds is 5. The molecule has 0 aromatic carbocycles. The van der Waals surface area contributed by atoms with Crippen LogP contribution >= 0.6 is 0 Å². The lowest BCUT2D eigenvalue weighted by atomic mass is 9.54. The SMILES string of the molecule is C/C=C(\C)[C@@H]1CC[C@@H]2C[C@H](C)C[C@H](C)[C@H]2[C@@H]1/C(O)=C1/C(=O)N[C@H](C[C@](C)(O)C(=O)O)C1=O. The summed E-state index contributed by atoms with van der Waals surface area (Å²) in [6.45, 7) is 9.56. The summed E-state index contributed by atoms with van der Waals surface area (Å²) < 4.78 is 0. The smallest absolute Gasteiger partial charge is 0.335 e. The van der Waals surface area contributed by atoms with Crippen LogP contribution in [0.25, 0.3) is 0 Å². The van der Waals surface area contributed by atoms with Crippen molar-refractivity contribution in [2.75, 3.05) is 0 Å². The van der Waals surface area contributed by atoms with E-state index < -0.39 is 35.7 Å². The van der Waals surface area contributed by atoms with Gasteiger partial charge in [-0.05, 0) is 76.0 Å². The number of aliphatic carboxylic acids is 1. The minimum Gasteiger partial charge on any atom is -0.511 e. The van der Waals surface area contributed by atoms with Crippen molar-refractivity contribution in [3.05, 3.63) is 23.0 Å². The van der Waals surface area contributed by atoms with E-state index in [9.17, 15) is 29.7 Å². The molecule has 8 atom stereocenters. The number of nitrogens with one attached hydrogen (secondary N) is 1. The Morgan fingerprint density at radius 3 is 2.44 bits per heavy atom. The standard InChI is InChI=1S/C25H37NO6/c1-6-13(3)16-8-7-15-10-12(2)9-14(4)18(15)19(16)22(28)20-21(27)17(26-23(20)29)11-25(5,32)24(30)31/h6,12,14-19,28,32H,7-11H2,1-5H3,(H,26,29)(H,30,31)/b13-6+,22-20-/t12-,14+,15-,16+,17-,18-,19-,25+/m1/s1. The van der Waals surface area contributed by atoms with Crippen molar-refractivity contribution in [3.8, 4) is 0 Å². The Kier molecular flexibility index (Phi) is 6.89. The van der Waals surface area contributed by atoms with Crippen molar-refractivity contribution in [2.24, 2.45) is 35.5 Å². The highest BCUT2D eigenvalue weighted by molar-refractivity contribution is 6.27. The number of ketones is 1. The molecule has 1 amide bonds. The lowest BCUT2D eigenvalue weighted by Crippen LogP contribution is -2.44. The van der Waals surface area contributed by atoms with E-state index in [1.165, 1.54) is 0 Å². The number of fused-ring (bicyclic) bond motifs is 1. The van der Waals surface area contributed by atoms with Gasteiger partial charge in [0, 0.05) is 12.3 Å². The quantitative estimate of drug-likeness (QED) is 0.222. The second-order valence-corrected chi connectivity index (χ2v) is 10.6. The second kappa shape index (κ2) is 9.00. The zero-order valence-corrected chi connectivity index (χ0v) is 19.7. The molecule has 0 aromatic rings. The normalized spacial score (nSPS) is 39.2. The highest BCUT2D eigenvalue weighted by Gasteiger charge is 2.51. The van der Waals surface area contributed by atoms with Crippen LogP contribution < -0.4 is 5.32 Å². The topological polar surface area (TPSA) is 124 Å². The highest BCUT2D eigenvalue weighted by atomic mass is 16.4. The lowest BCUT2D eigenvalue weighted by molar-refractivity contribution is -0.158. The molecule has 0 spiro atoms. The predicted molar refractivity (Wildman–Crippen MR) is 120 cm³/mol. The van der Waals surface area contributed by atoms with Crippen molar-refractivity contribution in [1.29, 1.82) is 0 Å². The van der Waals surface area contributed by atoms with Crippen LogP contribution in [0, 0.1) is 35.5 Å². The molecule has 178 valence electrons. The van der Waals surface area contributed by atoms with E-state index in [0.29, 0.717) is 17.8 Å². The predicted octanol–water partition coefficient (Wildman–Crippen LogP) is 3.38. The van der Waals surface area contributed by atoms with E-state index in [0.717, 1.165) is 38.2 Å². The molecule has 4 N–H and O–H groups in total. The number of carboxylic acids is 1. The van der Waals surface area contributed by atoms with Crippen LogP contribution in [0.3, 0.4) is 0 Å². The second-order valence-electron chi connectivity index (χ2n) is 10.6. The Morgan fingerprint density at radius 2 is 1.84 bits per heavy atom. The van der Waals surface area contributed by atoms with Crippen molar-refractivity contribution in [1.82, 2.24) is 5.32 Å². The Hall–Kier alpha value is -2.15. The molecule has 3 aliphatic rings. The molecule has 32 heavy (non-hydrogen) atoms. The van der Waals surface area contributed by atoms with Gasteiger partial charge < -0.3 is 20.6 Å². The fourth-order valence-electron chi connectivity index (χ4n) is 6.54. The Labute approximate surface area is 190 Å². The van der Waals surface area contributed by atoms with E-state index in [2.05, 4.69) is 19.2 Å². The van der Waals surface area contributed by atoms with Gasteiger partial charge in [0.1, 0.15) is 11.3 Å². The molecule has 0 aromatic heterocycles. The lowest BCUT2D eigenvalue weighted by Gasteiger charge is -2.50. The Balaban J connectivity index is 2.02. The molecule has 1 heterocycles. The number of Topliss-reactive ketones (excluding diaryl/α,β-unsaturated/α-hetero) is 1. The van der Waals surface area contributed by atoms with Crippen LogP contribution in [0.15, 0.2) is 23.0 Å². The fraction of sp³-hybridized carbons (Fsp3) is 0.720. The molecule has 0 bridgehead atoms. The molecule has 0 radical (unpaired) electrons. The number of amides is 1. The first-order valence-electron chi connectivity index (χ1n) is 11.8. The van der Waals surface area contributed by atoms with Gasteiger partial charge in [-0.3, -0.25) is 9.59 Å². The molecule has 7 nitrogen and oxygen atoms in total. The third-order valence-electron chi connectivity index (χ3n) is 8.15. The molecule has 1 saturated heterocycles. The molecule has 3 rings (SSSR count). The number of allylic oxidation sites excluding steroid dienone is 3. The van der Waals surface area contributed by atoms with E-state index in [1.807, 2.05) is 19.9 Å². The van der Waals surface area contributed by atoms with Gasteiger partial charge in [-0.2, -0.15) is 0 Å². The van der Waals surface area contributed by atoms with Gasteiger partial charge in [0.15, 0.2) is 11.4 Å². The number of aliphatic hydroxyl groups excluding tert-OH is 1. The molecule has 2 saturated carbocycles. The van der Waals surface area contributed by atoms with Crippen molar-refractivity contribution in [3.63, 3.8) is 0 Å². The fourth-order valence-corrected chi connectivity index (χ4v) is 6.54. The monoisotopic (exact) mass is 447 g/mol. The third-order valence-corrected chi connectivity index (χ3v) is 8.15. The van der Waals surface area contributed by atoms with Crippen LogP contribution in [0.5, 0.6) is 0 Å². The summed E-state index contributed by atoms with van der Waals surface area (Å²) in [4.78, 5) is 37.2. The van der Waals surface area contributed by atoms with Crippen molar-refractivity contribution < 1.29 is 29.7 Å². The van der Waals surface area contributed by atoms with Gasteiger partial charge in [0.25, 0.3) is 5.91 Å². The summed E-state index contributed by atoms with van der Waals surface area (Å²) in [5.74, 6) is -1.65. The number of hydrogen-bond donors (Lipinski definition) is 4. The molecule has 3 fully saturated rings. The average Bonchev–Trinajstić information content (AvgIpc) is 2.98. The highest BCUT2D eigenvalue weighted by Crippen LogP contribution is 2.54. The van der Waals surface area contributed by atoms with Crippen LogP contribution in [0.1, 0.15) is 66.7 Å².